The zero-order chi connectivity index (χ0) is 10.6. The van der Waals surface area contributed by atoms with Crippen molar-refractivity contribution >= 4 is 39.3 Å². The summed E-state index contributed by atoms with van der Waals surface area (Å²) in [7, 11) is 0. The summed E-state index contributed by atoms with van der Waals surface area (Å²) >= 11 is 4.87. The van der Waals surface area contributed by atoms with Gasteiger partial charge in [-0.3, -0.25) is 4.79 Å². The average molecular weight is 274 g/mol. The third-order valence-corrected chi connectivity index (χ3v) is 2.84. The number of hydrogen-bond acceptors (Lipinski definition) is 2. The Balaban J connectivity index is 2.72. The lowest BCUT2D eigenvalue weighted by atomic mass is 10.3. The van der Waals surface area contributed by atoms with Crippen molar-refractivity contribution in [3.8, 4) is 0 Å². The number of benzene rings is 1. The Kier molecular flexibility index (Phi) is 4.48. The van der Waals surface area contributed by atoms with Crippen LogP contribution in [0.4, 0.5) is 5.69 Å². The first kappa shape index (κ1) is 11.6. The van der Waals surface area contributed by atoms with E-state index in [1.807, 2.05) is 30.5 Å². The largest absolute Gasteiger partial charge is 0.325 e. The maximum Gasteiger partial charge on any atom is 0.237 e. The van der Waals surface area contributed by atoms with Crippen LogP contribution in [0.5, 0.6) is 0 Å². The van der Waals surface area contributed by atoms with Gasteiger partial charge < -0.3 is 5.32 Å². The van der Waals surface area contributed by atoms with Gasteiger partial charge in [0.25, 0.3) is 0 Å². The summed E-state index contributed by atoms with van der Waals surface area (Å²) in [5.41, 5.74) is 0.841. The molecule has 0 heterocycles. The minimum atomic E-state index is -0.166. The summed E-state index contributed by atoms with van der Waals surface area (Å²) in [6, 6.07) is 7.78. The molecule has 0 aromatic heterocycles. The van der Waals surface area contributed by atoms with E-state index in [-0.39, 0.29) is 10.7 Å². The molecule has 0 fully saturated rings. The second-order valence-corrected chi connectivity index (χ2v) is 5.09. The summed E-state index contributed by atoms with van der Waals surface area (Å²) < 4.78 is 0. The van der Waals surface area contributed by atoms with E-state index in [1.54, 1.807) is 18.7 Å². The summed E-state index contributed by atoms with van der Waals surface area (Å²) in [6.45, 7) is 1.80. The first-order chi connectivity index (χ1) is 6.63. The highest BCUT2D eigenvalue weighted by Crippen LogP contribution is 2.19. The quantitative estimate of drug-likeness (QED) is 0.677. The third-order valence-electron chi connectivity index (χ3n) is 1.70. The van der Waals surface area contributed by atoms with Crippen LogP contribution in [0, 0.1) is 0 Å². The van der Waals surface area contributed by atoms with Gasteiger partial charge in [-0.25, -0.2) is 0 Å². The molecule has 1 aromatic rings. The van der Waals surface area contributed by atoms with Crippen molar-refractivity contribution in [2.45, 2.75) is 16.6 Å². The SMILES string of the molecule is CSc1cccc(NC(=O)C(C)Br)c1. The van der Waals surface area contributed by atoms with Gasteiger partial charge >= 0.3 is 0 Å². The molecule has 2 nitrogen and oxygen atoms in total. The maximum atomic E-state index is 11.3. The number of anilines is 1. The van der Waals surface area contributed by atoms with E-state index in [1.165, 1.54) is 0 Å². The molecule has 0 saturated heterocycles. The molecule has 0 bridgehead atoms. The molecule has 1 amide bonds. The topological polar surface area (TPSA) is 29.1 Å². The van der Waals surface area contributed by atoms with E-state index in [2.05, 4.69) is 21.2 Å². The minimum absolute atomic E-state index is 0.0248. The second kappa shape index (κ2) is 5.41. The number of amides is 1. The second-order valence-electron chi connectivity index (χ2n) is 2.84. The van der Waals surface area contributed by atoms with Crippen molar-refractivity contribution in [3.63, 3.8) is 0 Å². The molecule has 0 aliphatic rings. The van der Waals surface area contributed by atoms with Crippen molar-refractivity contribution in [2.75, 3.05) is 11.6 Å². The van der Waals surface area contributed by atoms with Gasteiger partial charge in [-0.2, -0.15) is 0 Å². The van der Waals surface area contributed by atoms with Gasteiger partial charge in [-0.1, -0.05) is 22.0 Å². The van der Waals surface area contributed by atoms with Crippen molar-refractivity contribution in [1.29, 1.82) is 0 Å². The van der Waals surface area contributed by atoms with Gasteiger partial charge in [-0.05, 0) is 31.4 Å². The monoisotopic (exact) mass is 273 g/mol. The van der Waals surface area contributed by atoms with Crippen LogP contribution in [0.2, 0.25) is 0 Å². The fraction of sp³-hybridized carbons (Fsp3) is 0.300. The first-order valence-electron chi connectivity index (χ1n) is 4.22. The summed E-state index contributed by atoms with van der Waals surface area (Å²) in [5.74, 6) is -0.0248. The smallest absolute Gasteiger partial charge is 0.237 e. The highest BCUT2D eigenvalue weighted by atomic mass is 79.9. The maximum absolute atomic E-state index is 11.3. The van der Waals surface area contributed by atoms with Crippen molar-refractivity contribution in [2.24, 2.45) is 0 Å². The van der Waals surface area contributed by atoms with Crippen LogP contribution in [-0.4, -0.2) is 17.0 Å². The van der Waals surface area contributed by atoms with Crippen LogP contribution >= 0.6 is 27.7 Å². The summed E-state index contributed by atoms with van der Waals surface area (Å²) in [6.07, 6.45) is 2.01. The predicted molar refractivity (Wildman–Crippen MR) is 65.2 cm³/mol. The Morgan fingerprint density at radius 3 is 2.86 bits per heavy atom. The third kappa shape index (κ3) is 3.35. The molecule has 1 rings (SSSR count). The Hall–Kier alpha value is -0.480. The Bertz CT molecular complexity index is 328. The Labute approximate surface area is 96.6 Å². The first-order valence-corrected chi connectivity index (χ1v) is 6.36. The number of alkyl halides is 1. The van der Waals surface area contributed by atoms with Gasteiger partial charge in [0.1, 0.15) is 0 Å². The van der Waals surface area contributed by atoms with E-state index >= 15 is 0 Å². The van der Waals surface area contributed by atoms with Crippen LogP contribution in [0.25, 0.3) is 0 Å². The molecule has 0 aliphatic heterocycles. The molecule has 1 aromatic carbocycles. The fourth-order valence-corrected chi connectivity index (χ4v) is 1.52. The van der Waals surface area contributed by atoms with Crippen LogP contribution in [0.3, 0.4) is 0 Å². The molecule has 1 unspecified atom stereocenters. The van der Waals surface area contributed by atoms with Crippen molar-refractivity contribution < 1.29 is 4.79 Å². The average Bonchev–Trinajstić information content (AvgIpc) is 2.18. The molecule has 0 radical (unpaired) electrons. The summed E-state index contributed by atoms with van der Waals surface area (Å²) in [5, 5.41) is 2.82. The summed E-state index contributed by atoms with van der Waals surface area (Å²) in [4.78, 5) is 12.3. The van der Waals surface area contributed by atoms with Crippen molar-refractivity contribution in [3.05, 3.63) is 24.3 Å². The van der Waals surface area contributed by atoms with Crippen LogP contribution in [-0.2, 0) is 4.79 Å². The van der Waals surface area contributed by atoms with Crippen LogP contribution < -0.4 is 5.32 Å². The molecule has 0 saturated carbocycles. The number of carbonyl (C=O) groups excluding carboxylic acids is 1. The normalized spacial score (nSPS) is 12.2. The van der Waals surface area contributed by atoms with Crippen LogP contribution in [0.1, 0.15) is 6.92 Å². The zero-order valence-electron chi connectivity index (χ0n) is 8.08. The van der Waals surface area contributed by atoms with Crippen molar-refractivity contribution in [1.82, 2.24) is 0 Å². The molecule has 1 atom stereocenters. The number of halogens is 1. The van der Waals surface area contributed by atoms with Gasteiger partial charge in [0, 0.05) is 10.6 Å². The number of nitrogens with one attached hydrogen (secondary N) is 1. The minimum Gasteiger partial charge on any atom is -0.325 e. The number of rotatable bonds is 3. The predicted octanol–water partition coefficient (Wildman–Crippen LogP) is 3.13. The molecule has 76 valence electrons. The Morgan fingerprint density at radius 1 is 1.57 bits per heavy atom. The lowest BCUT2D eigenvalue weighted by Crippen LogP contribution is -2.19. The number of carbonyl (C=O) groups is 1. The highest BCUT2D eigenvalue weighted by molar-refractivity contribution is 9.10. The van der Waals surface area contributed by atoms with Gasteiger partial charge in [0.2, 0.25) is 5.91 Å². The number of hydrogen-bond donors (Lipinski definition) is 1. The molecule has 14 heavy (non-hydrogen) atoms. The highest BCUT2D eigenvalue weighted by Gasteiger charge is 2.08. The standard InChI is InChI=1S/C10H12BrNOS/c1-7(11)10(13)12-8-4-3-5-9(6-8)14-2/h3-7H,1-2H3,(H,12,13). The molecule has 4 heteroatoms. The lowest BCUT2D eigenvalue weighted by Gasteiger charge is -2.07. The lowest BCUT2D eigenvalue weighted by molar-refractivity contribution is -0.115. The number of thioether (sulfide) groups is 1. The molecular formula is C10H12BrNOS. The van der Waals surface area contributed by atoms with E-state index in [0.717, 1.165) is 10.6 Å². The van der Waals surface area contributed by atoms with Gasteiger partial charge in [-0.15, -0.1) is 11.8 Å². The molecule has 0 aliphatic carbocycles. The molecule has 1 N–H and O–H groups in total. The van der Waals surface area contributed by atoms with Crippen LogP contribution in [0.15, 0.2) is 29.2 Å². The molecule has 0 spiro atoms. The van der Waals surface area contributed by atoms with E-state index in [0.29, 0.717) is 0 Å². The van der Waals surface area contributed by atoms with Gasteiger partial charge in [0.15, 0.2) is 0 Å². The fourth-order valence-electron chi connectivity index (χ4n) is 0.943. The Morgan fingerprint density at radius 2 is 2.29 bits per heavy atom. The van der Waals surface area contributed by atoms with E-state index in [9.17, 15) is 4.79 Å². The van der Waals surface area contributed by atoms with E-state index < -0.39 is 0 Å². The molecular weight excluding hydrogens is 262 g/mol. The van der Waals surface area contributed by atoms with Gasteiger partial charge in [0.05, 0.1) is 4.83 Å². The van der Waals surface area contributed by atoms with E-state index in [4.69, 9.17) is 0 Å². The zero-order valence-corrected chi connectivity index (χ0v) is 10.5.